The summed E-state index contributed by atoms with van der Waals surface area (Å²) >= 11 is 1.80. The molecule has 0 radical (unpaired) electrons. The molecule has 1 nitrogen and oxygen atoms in total. The first-order valence-electron chi connectivity index (χ1n) is 6.58. The number of hydrogen-bond acceptors (Lipinski definition) is 2. The Morgan fingerprint density at radius 3 is 2.45 bits per heavy atom. The summed E-state index contributed by atoms with van der Waals surface area (Å²) in [7, 11) is 0. The highest BCUT2D eigenvalue weighted by atomic mass is 32.1. The number of rotatable bonds is 4. The number of fused-ring (bicyclic) bond motifs is 1. The van der Waals surface area contributed by atoms with Crippen LogP contribution in [0.25, 0.3) is 0 Å². The first kappa shape index (κ1) is 13.6. The van der Waals surface area contributed by atoms with Gasteiger partial charge in [0.05, 0.1) is 0 Å². The van der Waals surface area contributed by atoms with Crippen molar-refractivity contribution in [3.63, 3.8) is 0 Å². The minimum absolute atomic E-state index is 0.316. The van der Waals surface area contributed by atoms with Crippen molar-refractivity contribution in [2.75, 3.05) is 0 Å². The highest BCUT2D eigenvalue weighted by molar-refractivity contribution is 7.12. The molecule has 0 spiro atoms. The summed E-state index contributed by atoms with van der Waals surface area (Å²) in [5.74, 6) is -3.70. The predicted molar refractivity (Wildman–Crippen MR) is 73.2 cm³/mol. The van der Waals surface area contributed by atoms with Gasteiger partial charge < -0.3 is 5.32 Å². The second-order valence-corrected chi connectivity index (χ2v) is 6.21. The maximum absolute atomic E-state index is 13.1. The maximum Gasteiger partial charge on any atom is 0.194 e. The molecule has 3 rings (SSSR count). The molecule has 0 unspecified atom stereocenters. The van der Waals surface area contributed by atoms with Crippen LogP contribution in [0.2, 0.25) is 0 Å². The van der Waals surface area contributed by atoms with Crippen LogP contribution in [-0.2, 0) is 25.9 Å². The third-order valence-corrected chi connectivity index (χ3v) is 4.71. The van der Waals surface area contributed by atoms with E-state index in [1.807, 2.05) is 0 Å². The number of hydrogen-bond donors (Lipinski definition) is 1. The fourth-order valence-electron chi connectivity index (χ4n) is 2.52. The summed E-state index contributed by atoms with van der Waals surface area (Å²) in [5, 5.41) is 3.14. The molecule has 0 atom stereocenters. The molecule has 0 bridgehead atoms. The summed E-state index contributed by atoms with van der Waals surface area (Å²) in [6, 6.07) is 4.26. The van der Waals surface area contributed by atoms with Crippen molar-refractivity contribution in [2.24, 2.45) is 0 Å². The Kier molecular flexibility index (Phi) is 3.81. The third-order valence-electron chi connectivity index (χ3n) is 3.47. The third kappa shape index (κ3) is 2.74. The van der Waals surface area contributed by atoms with Gasteiger partial charge in [0.2, 0.25) is 0 Å². The van der Waals surface area contributed by atoms with Crippen molar-refractivity contribution in [1.82, 2.24) is 5.32 Å². The molecule has 0 fully saturated rings. The van der Waals surface area contributed by atoms with E-state index in [1.54, 1.807) is 11.3 Å². The van der Waals surface area contributed by atoms with Crippen LogP contribution in [0.3, 0.4) is 0 Å². The van der Waals surface area contributed by atoms with Gasteiger partial charge in [-0.05, 0) is 48.6 Å². The van der Waals surface area contributed by atoms with E-state index in [1.165, 1.54) is 21.7 Å². The Balaban J connectivity index is 1.59. The average molecular weight is 297 g/mol. The smallest absolute Gasteiger partial charge is 0.194 e. The highest BCUT2D eigenvalue weighted by Crippen LogP contribution is 2.30. The van der Waals surface area contributed by atoms with E-state index < -0.39 is 17.5 Å². The lowest BCUT2D eigenvalue weighted by atomic mass is 10.2. The molecule has 1 heterocycles. The van der Waals surface area contributed by atoms with E-state index in [-0.39, 0.29) is 0 Å². The average Bonchev–Trinajstić information content (AvgIpc) is 2.96. The van der Waals surface area contributed by atoms with Crippen LogP contribution in [0, 0.1) is 17.5 Å². The number of benzene rings is 1. The molecule has 0 saturated heterocycles. The molecule has 20 heavy (non-hydrogen) atoms. The van der Waals surface area contributed by atoms with Gasteiger partial charge in [0, 0.05) is 22.8 Å². The zero-order valence-electron chi connectivity index (χ0n) is 10.8. The molecule has 0 saturated carbocycles. The summed E-state index contributed by atoms with van der Waals surface area (Å²) in [6.07, 6.45) is 3.55. The van der Waals surface area contributed by atoms with Gasteiger partial charge in [0.15, 0.2) is 17.5 Å². The second-order valence-electron chi connectivity index (χ2n) is 4.99. The van der Waals surface area contributed by atoms with Gasteiger partial charge in [-0.1, -0.05) is 0 Å². The van der Waals surface area contributed by atoms with Crippen LogP contribution in [0.5, 0.6) is 0 Å². The van der Waals surface area contributed by atoms with E-state index in [9.17, 15) is 13.2 Å². The number of halogens is 3. The number of thiophene rings is 1. The molecule has 2 aromatic rings. The largest absolute Gasteiger partial charge is 0.308 e. The SMILES string of the molecule is Fc1cc(CNCc2cc3c(s2)CCC3)cc(F)c1F. The fraction of sp³-hybridized carbons (Fsp3) is 0.333. The van der Waals surface area contributed by atoms with E-state index in [0.717, 1.165) is 25.0 Å². The van der Waals surface area contributed by atoms with Crippen LogP contribution in [0.15, 0.2) is 18.2 Å². The quantitative estimate of drug-likeness (QED) is 0.843. The van der Waals surface area contributed by atoms with Crippen LogP contribution in [-0.4, -0.2) is 0 Å². The number of aryl methyl sites for hydroxylation is 2. The lowest BCUT2D eigenvalue weighted by Crippen LogP contribution is -2.12. The molecule has 1 aliphatic carbocycles. The van der Waals surface area contributed by atoms with Gasteiger partial charge in [-0.2, -0.15) is 0 Å². The first-order valence-corrected chi connectivity index (χ1v) is 7.40. The minimum atomic E-state index is -1.41. The zero-order valence-corrected chi connectivity index (χ0v) is 11.6. The predicted octanol–water partition coefficient (Wildman–Crippen LogP) is 3.94. The van der Waals surface area contributed by atoms with Crippen molar-refractivity contribution in [3.05, 3.63) is 56.5 Å². The van der Waals surface area contributed by atoms with E-state index >= 15 is 0 Å². The van der Waals surface area contributed by atoms with Crippen molar-refractivity contribution >= 4 is 11.3 Å². The molecule has 0 amide bonds. The Bertz CT molecular complexity index is 592. The Labute approximate surface area is 119 Å². The maximum atomic E-state index is 13.1. The fourth-order valence-corrected chi connectivity index (χ4v) is 3.75. The Morgan fingerprint density at radius 2 is 1.75 bits per heavy atom. The summed E-state index contributed by atoms with van der Waals surface area (Å²) in [5.41, 5.74) is 1.84. The van der Waals surface area contributed by atoms with E-state index in [4.69, 9.17) is 0 Å². The summed E-state index contributed by atoms with van der Waals surface area (Å²) in [4.78, 5) is 2.69. The standard InChI is InChI=1S/C15H14F3NS/c16-12-4-9(5-13(17)15(12)18)7-19-8-11-6-10-2-1-3-14(10)20-11/h4-6,19H,1-3,7-8H2. The summed E-state index contributed by atoms with van der Waals surface area (Å²) in [6.45, 7) is 0.981. The normalized spacial score (nSPS) is 13.8. The van der Waals surface area contributed by atoms with Crippen LogP contribution < -0.4 is 5.32 Å². The molecule has 0 aliphatic heterocycles. The zero-order chi connectivity index (χ0) is 14.1. The van der Waals surface area contributed by atoms with Gasteiger partial charge >= 0.3 is 0 Å². The van der Waals surface area contributed by atoms with E-state index in [2.05, 4.69) is 11.4 Å². The van der Waals surface area contributed by atoms with Crippen molar-refractivity contribution in [1.29, 1.82) is 0 Å². The topological polar surface area (TPSA) is 12.0 Å². The molecule has 106 valence electrons. The van der Waals surface area contributed by atoms with Crippen LogP contribution in [0.1, 0.15) is 27.3 Å². The van der Waals surface area contributed by atoms with Crippen molar-refractivity contribution < 1.29 is 13.2 Å². The van der Waals surface area contributed by atoms with Gasteiger partial charge in [0.25, 0.3) is 0 Å². The van der Waals surface area contributed by atoms with Crippen LogP contribution in [0.4, 0.5) is 13.2 Å². The van der Waals surface area contributed by atoms with Crippen molar-refractivity contribution in [2.45, 2.75) is 32.4 Å². The van der Waals surface area contributed by atoms with Gasteiger partial charge in [-0.15, -0.1) is 11.3 Å². The van der Waals surface area contributed by atoms with Crippen LogP contribution >= 0.6 is 11.3 Å². The molecule has 1 aromatic carbocycles. The molecular weight excluding hydrogens is 283 g/mol. The molecule has 1 N–H and O–H groups in total. The van der Waals surface area contributed by atoms with Gasteiger partial charge in [-0.25, -0.2) is 13.2 Å². The molecule has 5 heteroatoms. The molecular formula is C15H14F3NS. The Hall–Kier alpha value is -1.33. The van der Waals surface area contributed by atoms with Gasteiger partial charge in [0.1, 0.15) is 0 Å². The second kappa shape index (κ2) is 5.58. The van der Waals surface area contributed by atoms with E-state index in [0.29, 0.717) is 18.7 Å². The lowest BCUT2D eigenvalue weighted by molar-refractivity contribution is 0.444. The monoisotopic (exact) mass is 297 g/mol. The highest BCUT2D eigenvalue weighted by Gasteiger charge is 2.14. The Morgan fingerprint density at radius 1 is 1.00 bits per heavy atom. The number of nitrogens with one attached hydrogen (secondary N) is 1. The van der Waals surface area contributed by atoms with Gasteiger partial charge in [-0.3, -0.25) is 0 Å². The first-order chi connectivity index (χ1) is 9.63. The minimum Gasteiger partial charge on any atom is -0.308 e. The lowest BCUT2D eigenvalue weighted by Gasteiger charge is -2.05. The summed E-state index contributed by atoms with van der Waals surface area (Å²) < 4.78 is 38.9. The molecule has 1 aliphatic rings. The van der Waals surface area contributed by atoms with Crippen molar-refractivity contribution in [3.8, 4) is 0 Å². The molecule has 1 aromatic heterocycles.